The molecule has 3 fully saturated rings. The average molecular weight is 543 g/mol. The maximum absolute atomic E-state index is 13.5. The van der Waals surface area contributed by atoms with Crippen LogP contribution in [0.3, 0.4) is 0 Å². The molecule has 3 aliphatic rings. The number of pyridine rings is 2. The van der Waals surface area contributed by atoms with Gasteiger partial charge >= 0.3 is 0 Å². The number of aliphatic imine (C=N–C) groups is 1. The standard InChI is InChI=1S/C26H28F2N6O3S/c1-30-22(6-5-15-3-4-15)38-25(29)33-24(35)18-9-32-21(34-11-26(12-34)13-37-14-26)8-16(18)17-7-19(23(27)28)31-10-20(17)36-2/h7-10,15,22-23,30H,3-4,11-14H2,1-2H3,(H2,29,33,35). The van der Waals surface area contributed by atoms with E-state index in [-0.39, 0.29) is 32.8 Å². The van der Waals surface area contributed by atoms with Gasteiger partial charge in [-0.15, -0.1) is 0 Å². The lowest BCUT2D eigenvalue weighted by Crippen LogP contribution is -2.66. The predicted octanol–water partition coefficient (Wildman–Crippen LogP) is 3.07. The highest BCUT2D eigenvalue weighted by Gasteiger charge is 2.49. The Bertz CT molecular complexity index is 1310. The Morgan fingerprint density at radius 1 is 1.29 bits per heavy atom. The van der Waals surface area contributed by atoms with E-state index in [2.05, 4.69) is 37.0 Å². The fraction of sp³-hybridized carbons (Fsp3) is 0.462. The number of carbonyl (C=O) groups excluding carboxylic acids is 1. The van der Waals surface area contributed by atoms with Crippen LogP contribution in [-0.2, 0) is 4.74 Å². The van der Waals surface area contributed by atoms with E-state index >= 15 is 0 Å². The lowest BCUT2D eigenvalue weighted by Gasteiger charge is -2.55. The molecule has 0 bridgehead atoms. The first-order valence-electron chi connectivity index (χ1n) is 12.2. The summed E-state index contributed by atoms with van der Waals surface area (Å²) in [6.45, 7) is 2.93. The van der Waals surface area contributed by atoms with Crippen LogP contribution in [0.4, 0.5) is 14.6 Å². The number of anilines is 1. The molecular weight excluding hydrogens is 514 g/mol. The molecule has 1 saturated carbocycles. The molecule has 1 atom stereocenters. The minimum absolute atomic E-state index is 0.0269. The number of aromatic nitrogens is 2. The molecule has 0 radical (unpaired) electrons. The van der Waals surface area contributed by atoms with Crippen LogP contribution >= 0.6 is 11.8 Å². The van der Waals surface area contributed by atoms with Crippen molar-refractivity contribution in [3.8, 4) is 28.7 Å². The number of nitrogens with one attached hydrogen (secondary N) is 1. The van der Waals surface area contributed by atoms with Gasteiger partial charge in [0.15, 0.2) is 5.17 Å². The van der Waals surface area contributed by atoms with Gasteiger partial charge in [0.05, 0.1) is 37.5 Å². The number of hydrogen-bond donors (Lipinski definition) is 2. The smallest absolute Gasteiger partial charge is 0.281 e. The number of amidine groups is 1. The number of nitrogens with two attached hydrogens (primary N) is 1. The number of ether oxygens (including phenoxy) is 2. The van der Waals surface area contributed by atoms with Crippen molar-refractivity contribution in [3.63, 3.8) is 0 Å². The first-order chi connectivity index (χ1) is 18.3. The maximum atomic E-state index is 13.5. The van der Waals surface area contributed by atoms with Crippen molar-refractivity contribution in [3.05, 3.63) is 35.8 Å². The first kappa shape index (κ1) is 26.3. The molecule has 1 amide bonds. The van der Waals surface area contributed by atoms with Crippen molar-refractivity contribution in [2.75, 3.05) is 45.4 Å². The number of hydrogen-bond acceptors (Lipinski definition) is 8. The summed E-state index contributed by atoms with van der Waals surface area (Å²) < 4.78 is 37.8. The van der Waals surface area contributed by atoms with Gasteiger partial charge in [-0.25, -0.2) is 13.8 Å². The Morgan fingerprint density at radius 2 is 2.05 bits per heavy atom. The Hall–Kier alpha value is -3.27. The van der Waals surface area contributed by atoms with Gasteiger partial charge in [-0.3, -0.25) is 15.1 Å². The normalized spacial score (nSPS) is 18.9. The van der Waals surface area contributed by atoms with Crippen molar-refractivity contribution in [1.29, 1.82) is 0 Å². The van der Waals surface area contributed by atoms with Crippen LogP contribution in [0, 0.1) is 23.2 Å². The molecule has 9 nitrogen and oxygen atoms in total. The van der Waals surface area contributed by atoms with Gasteiger partial charge in [0.25, 0.3) is 12.3 Å². The molecule has 2 aromatic rings. The van der Waals surface area contributed by atoms with E-state index in [0.717, 1.165) is 37.7 Å². The second-order valence-electron chi connectivity index (χ2n) is 9.65. The molecular formula is C26H28F2N6O3S. The molecule has 4 heterocycles. The quantitative estimate of drug-likeness (QED) is 0.236. The van der Waals surface area contributed by atoms with Crippen molar-refractivity contribution < 1.29 is 23.0 Å². The second kappa shape index (κ2) is 10.8. The molecule has 38 heavy (non-hydrogen) atoms. The van der Waals surface area contributed by atoms with E-state index in [4.69, 9.17) is 15.2 Å². The van der Waals surface area contributed by atoms with Crippen LogP contribution in [0.5, 0.6) is 5.75 Å². The van der Waals surface area contributed by atoms with Gasteiger partial charge < -0.3 is 20.1 Å². The zero-order valence-electron chi connectivity index (χ0n) is 21.0. The minimum atomic E-state index is -2.80. The summed E-state index contributed by atoms with van der Waals surface area (Å²) in [7, 11) is 3.16. The molecule has 1 spiro atoms. The summed E-state index contributed by atoms with van der Waals surface area (Å²) in [5.41, 5.74) is 6.54. The third-order valence-electron chi connectivity index (χ3n) is 6.64. The highest BCUT2D eigenvalue weighted by Crippen LogP contribution is 2.42. The summed E-state index contributed by atoms with van der Waals surface area (Å²) in [6.07, 6.45) is 2.02. The number of alkyl halides is 2. The van der Waals surface area contributed by atoms with Gasteiger partial charge in [0, 0.05) is 36.3 Å². The lowest BCUT2D eigenvalue weighted by atomic mass is 9.78. The van der Waals surface area contributed by atoms with Gasteiger partial charge in [0.2, 0.25) is 0 Å². The van der Waals surface area contributed by atoms with Crippen LogP contribution in [0.2, 0.25) is 0 Å². The highest BCUT2D eigenvalue weighted by atomic mass is 32.2. The summed E-state index contributed by atoms with van der Waals surface area (Å²) >= 11 is 1.13. The zero-order chi connectivity index (χ0) is 26.9. The fourth-order valence-corrected chi connectivity index (χ4v) is 4.97. The van der Waals surface area contributed by atoms with E-state index < -0.39 is 18.0 Å². The third-order valence-corrected chi connectivity index (χ3v) is 7.57. The molecule has 1 aliphatic carbocycles. The summed E-state index contributed by atoms with van der Waals surface area (Å²) in [6, 6.07) is 2.92. The molecule has 1 unspecified atom stereocenters. The molecule has 2 aliphatic heterocycles. The van der Waals surface area contributed by atoms with Gasteiger partial charge in [-0.1, -0.05) is 23.6 Å². The summed E-state index contributed by atoms with van der Waals surface area (Å²) in [4.78, 5) is 27.7. The zero-order valence-corrected chi connectivity index (χ0v) is 21.9. The molecule has 0 aromatic carbocycles. The average Bonchev–Trinajstić information content (AvgIpc) is 3.68. The number of nitrogens with zero attached hydrogens (tertiary/aromatic N) is 4. The number of rotatable bonds is 7. The van der Waals surface area contributed by atoms with E-state index in [1.807, 2.05) is 0 Å². The first-order valence-corrected chi connectivity index (χ1v) is 13.1. The van der Waals surface area contributed by atoms with Crippen molar-refractivity contribution in [1.82, 2.24) is 15.3 Å². The second-order valence-corrected chi connectivity index (χ2v) is 10.8. The van der Waals surface area contributed by atoms with Gasteiger partial charge in [-0.05, 0) is 32.0 Å². The van der Waals surface area contributed by atoms with Crippen LogP contribution in [-0.4, -0.2) is 66.9 Å². The third kappa shape index (κ3) is 5.60. The predicted molar refractivity (Wildman–Crippen MR) is 141 cm³/mol. The van der Waals surface area contributed by atoms with E-state index in [0.29, 0.717) is 30.5 Å². The van der Waals surface area contributed by atoms with Gasteiger partial charge in [-0.2, -0.15) is 4.99 Å². The molecule has 2 saturated heterocycles. The number of thioether (sulfide) groups is 1. The molecule has 5 rings (SSSR count). The monoisotopic (exact) mass is 542 g/mol. The van der Waals surface area contributed by atoms with Crippen molar-refractivity contribution in [2.45, 2.75) is 24.6 Å². The SMILES string of the molecule is CNC(C#CC1CC1)SC(N)=NC(=O)c1cnc(N2CC3(COC3)C2)cc1-c1cc(C(F)F)ncc1OC. The Balaban J connectivity index is 1.48. The maximum Gasteiger partial charge on any atom is 0.281 e. The van der Waals surface area contributed by atoms with Gasteiger partial charge in [0.1, 0.15) is 22.6 Å². The Kier molecular flexibility index (Phi) is 7.52. The Morgan fingerprint density at radius 3 is 2.66 bits per heavy atom. The van der Waals surface area contributed by atoms with Crippen molar-refractivity contribution in [2.24, 2.45) is 22.1 Å². The number of methoxy groups -OCH3 is 1. The fourth-order valence-electron chi connectivity index (χ4n) is 4.35. The molecule has 2 aromatic heterocycles. The van der Waals surface area contributed by atoms with Crippen LogP contribution in [0.25, 0.3) is 11.1 Å². The number of amides is 1. The molecule has 200 valence electrons. The van der Waals surface area contributed by atoms with E-state index in [1.54, 1.807) is 13.1 Å². The van der Waals surface area contributed by atoms with Crippen LogP contribution in [0.1, 0.15) is 35.3 Å². The highest BCUT2D eigenvalue weighted by molar-refractivity contribution is 8.14. The van der Waals surface area contributed by atoms with E-state index in [9.17, 15) is 13.6 Å². The lowest BCUT2D eigenvalue weighted by molar-refractivity contribution is -0.127. The van der Waals surface area contributed by atoms with Crippen molar-refractivity contribution >= 4 is 28.7 Å². The Labute approximate surface area is 223 Å². The summed E-state index contributed by atoms with van der Waals surface area (Å²) in [5.74, 6) is 6.89. The topological polar surface area (TPSA) is 115 Å². The van der Waals surface area contributed by atoms with Crippen LogP contribution < -0.4 is 20.7 Å². The number of carbonyl (C=O) groups is 1. The summed E-state index contributed by atoms with van der Waals surface area (Å²) in [5, 5.41) is 2.75. The number of halogens is 2. The molecule has 12 heteroatoms. The van der Waals surface area contributed by atoms with E-state index in [1.165, 1.54) is 25.6 Å². The molecule has 3 N–H and O–H groups in total. The largest absolute Gasteiger partial charge is 0.494 e. The minimum Gasteiger partial charge on any atom is -0.494 e. The van der Waals surface area contributed by atoms with Crippen LogP contribution in [0.15, 0.2) is 29.5 Å².